The lowest BCUT2D eigenvalue weighted by Gasteiger charge is -2.15. The highest BCUT2D eigenvalue weighted by molar-refractivity contribution is 5.28. The molecule has 2 rings (SSSR count). The number of nitrogens with two attached hydrogens (primary N) is 1. The lowest BCUT2D eigenvalue weighted by Crippen LogP contribution is -2.09. The Balaban J connectivity index is 2.10. The van der Waals surface area contributed by atoms with E-state index < -0.39 is 0 Å². The molecule has 1 heterocycles. The van der Waals surface area contributed by atoms with Crippen LogP contribution in [0, 0.1) is 0 Å². The van der Waals surface area contributed by atoms with Crippen molar-refractivity contribution in [2.45, 2.75) is 25.9 Å². The van der Waals surface area contributed by atoms with Crippen molar-refractivity contribution < 1.29 is 4.42 Å². The molecule has 1 aromatic carbocycles. The summed E-state index contributed by atoms with van der Waals surface area (Å²) >= 11 is 0. The van der Waals surface area contributed by atoms with Crippen LogP contribution >= 0.6 is 0 Å². The molecular weight excluding hydrogens is 216 g/mol. The van der Waals surface area contributed by atoms with Crippen LogP contribution in [0.25, 0.3) is 0 Å². The Morgan fingerprint density at radius 3 is 2.65 bits per heavy atom. The molecule has 2 aromatic rings. The molecule has 0 aliphatic rings. The van der Waals surface area contributed by atoms with Crippen LogP contribution in [-0.2, 0) is 6.54 Å². The number of hydrogen-bond acceptors (Lipinski definition) is 5. The van der Waals surface area contributed by atoms with Gasteiger partial charge in [0.25, 0.3) is 0 Å². The van der Waals surface area contributed by atoms with Gasteiger partial charge in [-0.1, -0.05) is 42.4 Å². The van der Waals surface area contributed by atoms with Crippen molar-refractivity contribution in [1.29, 1.82) is 0 Å². The van der Waals surface area contributed by atoms with Gasteiger partial charge in [0.15, 0.2) is 0 Å². The van der Waals surface area contributed by atoms with Gasteiger partial charge in [0.05, 0.1) is 12.6 Å². The van der Waals surface area contributed by atoms with Crippen molar-refractivity contribution in [3.63, 3.8) is 0 Å². The number of hydrogen-bond donors (Lipinski definition) is 2. The summed E-state index contributed by atoms with van der Waals surface area (Å²) in [6.45, 7) is 2.36. The summed E-state index contributed by atoms with van der Waals surface area (Å²) in [4.78, 5) is 0. The first-order valence-corrected chi connectivity index (χ1v) is 5.67. The molecule has 0 bridgehead atoms. The number of anilines is 1. The molecule has 0 aliphatic carbocycles. The van der Waals surface area contributed by atoms with E-state index in [4.69, 9.17) is 10.2 Å². The van der Waals surface area contributed by atoms with Gasteiger partial charge in [-0.2, -0.15) is 0 Å². The molecule has 0 fully saturated rings. The Hall–Kier alpha value is -1.88. The number of nitrogens with one attached hydrogen (secondary N) is 1. The minimum absolute atomic E-state index is 0.169. The van der Waals surface area contributed by atoms with Crippen LogP contribution in [0.15, 0.2) is 34.7 Å². The highest BCUT2D eigenvalue weighted by Gasteiger charge is 2.12. The maximum Gasteiger partial charge on any atom is 0.315 e. The molecule has 1 unspecified atom stereocenters. The molecule has 5 heteroatoms. The van der Waals surface area contributed by atoms with Crippen LogP contribution in [0.2, 0.25) is 0 Å². The third-order valence-corrected chi connectivity index (χ3v) is 2.55. The summed E-state index contributed by atoms with van der Waals surface area (Å²) < 4.78 is 5.33. The summed E-state index contributed by atoms with van der Waals surface area (Å²) in [6.07, 6.45) is 0.935. The van der Waals surface area contributed by atoms with Gasteiger partial charge in [-0.3, -0.25) is 0 Å². The van der Waals surface area contributed by atoms with Gasteiger partial charge in [-0.05, 0) is 12.0 Å². The fourth-order valence-electron chi connectivity index (χ4n) is 1.65. The smallest absolute Gasteiger partial charge is 0.315 e. The van der Waals surface area contributed by atoms with Crippen LogP contribution in [-0.4, -0.2) is 10.2 Å². The van der Waals surface area contributed by atoms with E-state index in [1.165, 1.54) is 5.56 Å². The van der Waals surface area contributed by atoms with Gasteiger partial charge in [0.2, 0.25) is 5.89 Å². The van der Waals surface area contributed by atoms with Gasteiger partial charge in [-0.25, -0.2) is 0 Å². The standard InChI is InChI=1S/C12H16N4O/c1-2-10(9-6-4-3-5-7-9)14-12-16-15-11(8-13)17-12/h3-7,10H,2,8,13H2,1H3,(H,14,16). The molecule has 0 saturated carbocycles. The van der Waals surface area contributed by atoms with E-state index in [1.807, 2.05) is 18.2 Å². The van der Waals surface area contributed by atoms with E-state index in [0.29, 0.717) is 11.9 Å². The first-order chi connectivity index (χ1) is 8.33. The van der Waals surface area contributed by atoms with E-state index in [0.717, 1.165) is 6.42 Å². The van der Waals surface area contributed by atoms with E-state index in [-0.39, 0.29) is 12.6 Å². The van der Waals surface area contributed by atoms with Crippen molar-refractivity contribution in [3.05, 3.63) is 41.8 Å². The molecule has 5 nitrogen and oxygen atoms in total. The van der Waals surface area contributed by atoms with Crippen molar-refractivity contribution in [2.75, 3.05) is 5.32 Å². The predicted molar refractivity (Wildman–Crippen MR) is 65.3 cm³/mol. The fraction of sp³-hybridized carbons (Fsp3) is 0.333. The van der Waals surface area contributed by atoms with E-state index in [2.05, 4.69) is 34.6 Å². The zero-order chi connectivity index (χ0) is 12.1. The Morgan fingerprint density at radius 1 is 1.29 bits per heavy atom. The number of benzene rings is 1. The molecule has 0 saturated heterocycles. The minimum Gasteiger partial charge on any atom is -0.407 e. The zero-order valence-electron chi connectivity index (χ0n) is 9.76. The Morgan fingerprint density at radius 2 is 2.06 bits per heavy atom. The van der Waals surface area contributed by atoms with Crippen molar-refractivity contribution in [1.82, 2.24) is 10.2 Å². The van der Waals surface area contributed by atoms with Gasteiger partial charge < -0.3 is 15.5 Å². The quantitative estimate of drug-likeness (QED) is 0.825. The molecule has 1 aromatic heterocycles. The third kappa shape index (κ3) is 2.82. The van der Waals surface area contributed by atoms with Crippen molar-refractivity contribution >= 4 is 6.01 Å². The van der Waals surface area contributed by atoms with Gasteiger partial charge in [0.1, 0.15) is 0 Å². The molecule has 17 heavy (non-hydrogen) atoms. The van der Waals surface area contributed by atoms with E-state index in [1.54, 1.807) is 0 Å². The van der Waals surface area contributed by atoms with Crippen molar-refractivity contribution in [3.8, 4) is 0 Å². The number of aromatic nitrogens is 2. The second-order valence-corrected chi connectivity index (χ2v) is 3.72. The molecule has 0 amide bonds. The molecule has 0 radical (unpaired) electrons. The number of rotatable bonds is 5. The topological polar surface area (TPSA) is 77.0 Å². The average Bonchev–Trinajstić information content (AvgIpc) is 2.84. The summed E-state index contributed by atoms with van der Waals surface area (Å²) in [5, 5.41) is 10.9. The summed E-state index contributed by atoms with van der Waals surface area (Å²) in [7, 11) is 0. The lowest BCUT2D eigenvalue weighted by atomic mass is 10.1. The summed E-state index contributed by atoms with van der Waals surface area (Å²) in [5.41, 5.74) is 6.61. The van der Waals surface area contributed by atoms with E-state index >= 15 is 0 Å². The largest absolute Gasteiger partial charge is 0.407 e. The first-order valence-electron chi connectivity index (χ1n) is 5.67. The molecule has 1 atom stereocenters. The van der Waals surface area contributed by atoms with Gasteiger partial charge in [-0.15, -0.1) is 5.10 Å². The molecule has 90 valence electrons. The Labute approximate surface area is 100 Å². The summed E-state index contributed by atoms with van der Waals surface area (Å²) in [5.74, 6) is 0.440. The van der Waals surface area contributed by atoms with Crippen LogP contribution in [0.4, 0.5) is 6.01 Å². The Kier molecular flexibility index (Phi) is 3.72. The van der Waals surface area contributed by atoms with Crippen molar-refractivity contribution in [2.24, 2.45) is 5.73 Å². The van der Waals surface area contributed by atoms with Crippen LogP contribution in [0.5, 0.6) is 0 Å². The highest BCUT2D eigenvalue weighted by Crippen LogP contribution is 2.21. The second kappa shape index (κ2) is 5.45. The fourth-order valence-corrected chi connectivity index (χ4v) is 1.65. The third-order valence-electron chi connectivity index (χ3n) is 2.55. The molecular formula is C12H16N4O. The molecule has 0 spiro atoms. The lowest BCUT2D eigenvalue weighted by molar-refractivity contribution is 0.500. The predicted octanol–water partition coefficient (Wildman–Crippen LogP) is 2.09. The highest BCUT2D eigenvalue weighted by atomic mass is 16.4. The first kappa shape index (κ1) is 11.6. The SMILES string of the molecule is CCC(Nc1nnc(CN)o1)c1ccccc1. The minimum atomic E-state index is 0.169. The molecule has 0 aliphatic heterocycles. The van der Waals surface area contributed by atoms with E-state index in [9.17, 15) is 0 Å². The maximum absolute atomic E-state index is 5.41. The normalized spacial score (nSPS) is 12.4. The zero-order valence-corrected chi connectivity index (χ0v) is 9.76. The van der Waals surface area contributed by atoms with Crippen LogP contribution in [0.1, 0.15) is 30.8 Å². The Bertz CT molecular complexity index is 455. The summed E-state index contributed by atoms with van der Waals surface area (Å²) in [6, 6.07) is 10.7. The maximum atomic E-state index is 5.41. The number of nitrogens with zero attached hydrogens (tertiary/aromatic N) is 2. The molecule has 3 N–H and O–H groups in total. The average molecular weight is 232 g/mol. The van der Waals surface area contributed by atoms with Gasteiger partial charge in [0, 0.05) is 0 Å². The van der Waals surface area contributed by atoms with Crippen LogP contribution < -0.4 is 11.1 Å². The van der Waals surface area contributed by atoms with Crippen LogP contribution in [0.3, 0.4) is 0 Å². The van der Waals surface area contributed by atoms with Gasteiger partial charge >= 0.3 is 6.01 Å². The monoisotopic (exact) mass is 232 g/mol. The second-order valence-electron chi connectivity index (χ2n) is 3.72.